The van der Waals surface area contributed by atoms with Gasteiger partial charge in [-0.2, -0.15) is 10.2 Å². The largest absolute Gasteiger partial charge is 0.462 e. The van der Waals surface area contributed by atoms with E-state index < -0.39 is 16.0 Å². The number of ether oxygens (including phenoxy) is 1. The van der Waals surface area contributed by atoms with Crippen molar-refractivity contribution in [2.75, 3.05) is 11.3 Å². The van der Waals surface area contributed by atoms with Gasteiger partial charge >= 0.3 is 5.97 Å². The topological polar surface area (TPSA) is 119 Å². The Hall–Kier alpha value is -2.36. The van der Waals surface area contributed by atoms with Crippen LogP contribution in [0, 0.1) is 20.8 Å². The van der Waals surface area contributed by atoms with E-state index >= 15 is 0 Å². The Morgan fingerprint density at radius 2 is 1.96 bits per heavy atom. The zero-order chi connectivity index (χ0) is 17.4. The fourth-order valence-electron chi connectivity index (χ4n) is 2.34. The summed E-state index contributed by atoms with van der Waals surface area (Å²) in [4.78, 5) is 12.1. The van der Waals surface area contributed by atoms with Gasteiger partial charge in [-0.25, -0.2) is 13.2 Å². The maximum atomic E-state index is 12.6. The highest BCUT2D eigenvalue weighted by Gasteiger charge is 2.28. The van der Waals surface area contributed by atoms with Crippen molar-refractivity contribution >= 4 is 21.8 Å². The fourth-order valence-corrected chi connectivity index (χ4v) is 3.81. The van der Waals surface area contributed by atoms with Gasteiger partial charge in [-0.1, -0.05) is 0 Å². The molecule has 2 rings (SSSR count). The first kappa shape index (κ1) is 17.0. The molecule has 2 aromatic rings. The van der Waals surface area contributed by atoms with Crippen molar-refractivity contribution in [1.82, 2.24) is 20.0 Å². The van der Waals surface area contributed by atoms with Gasteiger partial charge in [0.2, 0.25) is 0 Å². The first-order chi connectivity index (χ1) is 10.7. The van der Waals surface area contributed by atoms with Crippen LogP contribution in [0.1, 0.15) is 34.4 Å². The number of carbonyl (C=O) groups excluding carboxylic acids is 1. The van der Waals surface area contributed by atoms with E-state index in [0.717, 1.165) is 0 Å². The Kier molecular flexibility index (Phi) is 4.46. The summed E-state index contributed by atoms with van der Waals surface area (Å²) < 4.78 is 33.9. The number of rotatable bonds is 5. The molecule has 0 saturated carbocycles. The van der Waals surface area contributed by atoms with Gasteiger partial charge in [-0.3, -0.25) is 14.5 Å². The minimum Gasteiger partial charge on any atom is -0.462 e. The number of nitrogens with one attached hydrogen (secondary N) is 2. The molecule has 0 saturated heterocycles. The Bertz CT molecular complexity index is 831. The molecule has 0 radical (unpaired) electrons. The molecule has 0 aliphatic carbocycles. The summed E-state index contributed by atoms with van der Waals surface area (Å²) >= 11 is 0. The van der Waals surface area contributed by atoms with Crippen molar-refractivity contribution in [1.29, 1.82) is 0 Å². The maximum Gasteiger partial charge on any atom is 0.343 e. The summed E-state index contributed by atoms with van der Waals surface area (Å²) in [5.41, 5.74) is 1.22. The van der Waals surface area contributed by atoms with Crippen molar-refractivity contribution in [2.45, 2.75) is 32.6 Å². The van der Waals surface area contributed by atoms with Crippen LogP contribution in [0.15, 0.2) is 4.90 Å². The molecule has 10 heteroatoms. The van der Waals surface area contributed by atoms with Crippen LogP contribution in [0.5, 0.6) is 0 Å². The number of aromatic nitrogens is 4. The van der Waals surface area contributed by atoms with E-state index in [9.17, 15) is 13.2 Å². The van der Waals surface area contributed by atoms with Crippen molar-refractivity contribution in [3.63, 3.8) is 0 Å². The number of aryl methyl sites for hydroxylation is 4. The molecule has 0 atom stereocenters. The van der Waals surface area contributed by atoms with Crippen LogP contribution in [-0.4, -0.2) is 41.0 Å². The summed E-state index contributed by atoms with van der Waals surface area (Å²) in [6.45, 7) is 6.65. The molecule has 23 heavy (non-hydrogen) atoms. The smallest absolute Gasteiger partial charge is 0.343 e. The molecule has 9 nitrogen and oxygen atoms in total. The lowest BCUT2D eigenvalue weighted by Crippen LogP contribution is -2.19. The molecule has 2 N–H and O–H groups in total. The third kappa shape index (κ3) is 3.07. The van der Waals surface area contributed by atoms with Crippen LogP contribution in [0.4, 0.5) is 5.82 Å². The molecule has 0 aliphatic rings. The lowest BCUT2D eigenvalue weighted by atomic mass is 10.2. The number of sulfonamides is 1. The number of H-pyrrole nitrogens is 1. The first-order valence-corrected chi connectivity index (χ1v) is 8.42. The van der Waals surface area contributed by atoms with E-state index in [4.69, 9.17) is 4.74 Å². The lowest BCUT2D eigenvalue weighted by molar-refractivity contribution is 0.0527. The van der Waals surface area contributed by atoms with Crippen molar-refractivity contribution < 1.29 is 17.9 Å². The number of anilines is 1. The molecule has 0 aromatic carbocycles. The molecule has 0 bridgehead atoms. The highest BCUT2D eigenvalue weighted by Crippen LogP contribution is 2.25. The second kappa shape index (κ2) is 6.03. The molecular formula is C13H19N5O4S. The molecule has 0 unspecified atom stereocenters. The molecule has 0 fully saturated rings. The number of carbonyl (C=O) groups is 1. The van der Waals surface area contributed by atoms with E-state index in [2.05, 4.69) is 20.0 Å². The molecular weight excluding hydrogens is 322 g/mol. The minimum absolute atomic E-state index is 0.0474. The van der Waals surface area contributed by atoms with Crippen LogP contribution in [-0.2, 0) is 21.8 Å². The average molecular weight is 341 g/mol. The second-order valence-electron chi connectivity index (χ2n) is 5.02. The third-order valence-electron chi connectivity index (χ3n) is 3.26. The van der Waals surface area contributed by atoms with Gasteiger partial charge in [0, 0.05) is 7.05 Å². The van der Waals surface area contributed by atoms with Gasteiger partial charge in [0.05, 0.1) is 23.7 Å². The van der Waals surface area contributed by atoms with E-state index in [-0.39, 0.29) is 22.9 Å². The zero-order valence-corrected chi connectivity index (χ0v) is 14.4. The highest BCUT2D eigenvalue weighted by molar-refractivity contribution is 7.92. The van der Waals surface area contributed by atoms with Gasteiger partial charge in [-0.15, -0.1) is 0 Å². The third-order valence-corrected chi connectivity index (χ3v) is 4.86. The SMILES string of the molecule is CCOC(=O)c1c(C)nn(C)c1NS(=O)(=O)c1c(C)n[nH]c1C. The molecule has 126 valence electrons. The van der Waals surface area contributed by atoms with Crippen molar-refractivity contribution in [3.8, 4) is 0 Å². The summed E-state index contributed by atoms with van der Waals surface area (Å²) in [6.07, 6.45) is 0. The highest BCUT2D eigenvalue weighted by atomic mass is 32.2. The average Bonchev–Trinajstić information content (AvgIpc) is 2.90. The molecule has 2 aromatic heterocycles. The van der Waals surface area contributed by atoms with Gasteiger partial charge in [0.15, 0.2) is 5.82 Å². The van der Waals surface area contributed by atoms with E-state index in [1.165, 1.54) is 4.68 Å². The normalized spacial score (nSPS) is 11.5. The summed E-state index contributed by atoms with van der Waals surface area (Å²) in [7, 11) is -2.38. The number of nitrogens with zero attached hydrogens (tertiary/aromatic N) is 3. The second-order valence-corrected chi connectivity index (χ2v) is 6.64. The van der Waals surface area contributed by atoms with Crippen LogP contribution in [0.25, 0.3) is 0 Å². The molecule has 0 spiro atoms. The Labute approximate surface area is 134 Å². The monoisotopic (exact) mass is 341 g/mol. The minimum atomic E-state index is -3.92. The predicted octanol–water partition coefficient (Wildman–Crippen LogP) is 1.05. The Balaban J connectivity index is 2.50. The number of hydrogen-bond acceptors (Lipinski definition) is 6. The Morgan fingerprint density at radius 1 is 1.30 bits per heavy atom. The van der Waals surface area contributed by atoms with Crippen LogP contribution in [0.2, 0.25) is 0 Å². The molecule has 2 heterocycles. The van der Waals surface area contributed by atoms with Crippen LogP contribution >= 0.6 is 0 Å². The van der Waals surface area contributed by atoms with E-state index in [0.29, 0.717) is 17.1 Å². The predicted molar refractivity (Wildman–Crippen MR) is 82.8 cm³/mol. The van der Waals surface area contributed by atoms with Gasteiger partial charge in [0.25, 0.3) is 10.0 Å². The van der Waals surface area contributed by atoms with E-state index in [1.807, 2.05) is 0 Å². The van der Waals surface area contributed by atoms with Gasteiger partial charge in [0.1, 0.15) is 10.5 Å². The zero-order valence-electron chi connectivity index (χ0n) is 13.6. The van der Waals surface area contributed by atoms with Crippen LogP contribution in [0.3, 0.4) is 0 Å². The number of aromatic amines is 1. The lowest BCUT2D eigenvalue weighted by Gasteiger charge is -2.10. The quantitative estimate of drug-likeness (QED) is 0.785. The van der Waals surface area contributed by atoms with Crippen LogP contribution < -0.4 is 4.72 Å². The maximum absolute atomic E-state index is 12.6. The van der Waals surface area contributed by atoms with Crippen molar-refractivity contribution in [3.05, 3.63) is 22.6 Å². The number of esters is 1. The van der Waals surface area contributed by atoms with Crippen molar-refractivity contribution in [2.24, 2.45) is 7.05 Å². The van der Waals surface area contributed by atoms with Gasteiger partial charge in [-0.05, 0) is 27.7 Å². The summed E-state index contributed by atoms with van der Waals surface area (Å²) in [5.74, 6) is -0.572. The summed E-state index contributed by atoms with van der Waals surface area (Å²) in [5, 5.41) is 10.6. The van der Waals surface area contributed by atoms with E-state index in [1.54, 1.807) is 34.7 Å². The standard InChI is InChI=1S/C13H19N5O4S/c1-6-22-13(19)10-7(2)16-18(5)12(10)17-23(20,21)11-8(3)14-15-9(11)4/h17H,6H2,1-5H3,(H,14,15). The van der Waals surface area contributed by atoms with Gasteiger partial charge < -0.3 is 4.74 Å². The Morgan fingerprint density at radius 3 is 2.48 bits per heavy atom. The fraction of sp³-hybridized carbons (Fsp3) is 0.462. The number of hydrogen-bond donors (Lipinski definition) is 2. The molecule has 0 aliphatic heterocycles. The first-order valence-electron chi connectivity index (χ1n) is 6.94. The summed E-state index contributed by atoms with van der Waals surface area (Å²) in [6, 6.07) is 0. The molecule has 0 amide bonds.